The van der Waals surface area contributed by atoms with Gasteiger partial charge in [-0.25, -0.2) is 0 Å². The molecule has 1 N–H and O–H groups in total. The lowest BCUT2D eigenvalue weighted by molar-refractivity contribution is -0.176. The largest absolute Gasteiger partial charge is 0.395 e. The van der Waals surface area contributed by atoms with Crippen molar-refractivity contribution in [3.8, 4) is 0 Å². The average molecular weight is 356 g/mol. The number of nitrogens with one attached hydrogen (secondary N) is 1. The minimum atomic E-state index is -4.51. The Morgan fingerprint density at radius 2 is 1.96 bits per heavy atom. The van der Waals surface area contributed by atoms with Crippen molar-refractivity contribution in [3.63, 3.8) is 0 Å². The number of ether oxygens (including phenoxy) is 1. The van der Waals surface area contributed by atoms with Crippen LogP contribution in [-0.4, -0.2) is 48.6 Å². The van der Waals surface area contributed by atoms with E-state index in [9.17, 15) is 22.8 Å². The molecule has 1 fully saturated rings. The summed E-state index contributed by atoms with van der Waals surface area (Å²) in [4.78, 5) is 24.5. The smallest absolute Gasteiger partial charge is 0.367 e. The zero-order valence-electron chi connectivity index (χ0n) is 13.5. The third kappa shape index (κ3) is 5.32. The Morgan fingerprint density at radius 3 is 2.56 bits per heavy atom. The molecule has 0 saturated carbocycles. The van der Waals surface area contributed by atoms with Crippen molar-refractivity contribution in [3.05, 3.63) is 48.6 Å². The summed E-state index contributed by atoms with van der Waals surface area (Å²) in [7, 11) is 0. The topological polar surface area (TPSA) is 58.6 Å². The molecule has 5 nitrogen and oxygen atoms in total. The van der Waals surface area contributed by atoms with Gasteiger partial charge >= 0.3 is 6.18 Å². The number of halogens is 3. The van der Waals surface area contributed by atoms with Crippen LogP contribution in [0, 0.1) is 5.92 Å². The number of likely N-dealkylation sites (tertiary alicyclic amines) is 1. The van der Waals surface area contributed by atoms with Crippen LogP contribution < -0.4 is 5.32 Å². The van der Waals surface area contributed by atoms with Gasteiger partial charge in [0.05, 0.1) is 18.6 Å². The van der Waals surface area contributed by atoms with E-state index in [0.717, 1.165) is 16.5 Å². The minimum absolute atomic E-state index is 0.194. The normalized spacial score (nSPS) is 20.4. The molecule has 25 heavy (non-hydrogen) atoms. The van der Waals surface area contributed by atoms with E-state index in [1.54, 1.807) is 0 Å². The van der Waals surface area contributed by atoms with Crippen molar-refractivity contribution < 1.29 is 27.5 Å². The Hall–Kier alpha value is -2.35. The van der Waals surface area contributed by atoms with E-state index in [1.165, 1.54) is 0 Å². The first-order chi connectivity index (χ1) is 11.8. The van der Waals surface area contributed by atoms with Gasteiger partial charge in [-0.3, -0.25) is 9.59 Å². The number of benzene rings is 1. The third-order valence-electron chi connectivity index (χ3n) is 3.94. The molecule has 2 amide bonds. The predicted molar refractivity (Wildman–Crippen MR) is 84.4 cm³/mol. The van der Waals surface area contributed by atoms with Gasteiger partial charge in [0, 0.05) is 13.1 Å². The van der Waals surface area contributed by atoms with Gasteiger partial charge in [0.25, 0.3) is 0 Å². The van der Waals surface area contributed by atoms with Crippen molar-refractivity contribution in [1.82, 2.24) is 10.2 Å². The van der Waals surface area contributed by atoms with Crippen molar-refractivity contribution in [2.24, 2.45) is 5.92 Å². The molecular formula is C17H19F3N2O3. The number of rotatable bonds is 6. The summed E-state index contributed by atoms with van der Waals surface area (Å²) < 4.78 is 44.7. The maximum Gasteiger partial charge on any atom is 0.395 e. The van der Waals surface area contributed by atoms with Gasteiger partial charge in [-0.15, -0.1) is 0 Å². The molecular weight excluding hydrogens is 337 g/mol. The highest BCUT2D eigenvalue weighted by atomic mass is 19.4. The monoisotopic (exact) mass is 356 g/mol. The quantitative estimate of drug-likeness (QED) is 0.792. The Bertz CT molecular complexity index is 619. The first kappa shape index (κ1) is 19.0. The maximum absolute atomic E-state index is 13.1. The lowest BCUT2D eigenvalue weighted by Crippen LogP contribution is -2.44. The molecule has 1 saturated heterocycles. The molecule has 136 valence electrons. The van der Waals surface area contributed by atoms with Gasteiger partial charge in [-0.2, -0.15) is 13.2 Å². The number of carbonyl (C=O) groups is 2. The van der Waals surface area contributed by atoms with Crippen molar-refractivity contribution in [2.45, 2.75) is 18.8 Å². The van der Waals surface area contributed by atoms with Gasteiger partial charge in [0.2, 0.25) is 11.8 Å². The van der Waals surface area contributed by atoms with Gasteiger partial charge in [-0.05, 0) is 11.6 Å². The molecule has 0 aliphatic carbocycles. The highest BCUT2D eigenvalue weighted by Gasteiger charge is 2.51. The second kappa shape index (κ2) is 8.15. The summed E-state index contributed by atoms with van der Waals surface area (Å²) in [5.41, 5.74) is 0.862. The van der Waals surface area contributed by atoms with Gasteiger partial charge in [-0.1, -0.05) is 36.9 Å². The Balaban J connectivity index is 1.91. The van der Waals surface area contributed by atoms with E-state index in [1.807, 2.05) is 30.3 Å². The zero-order chi connectivity index (χ0) is 18.4. The Labute approximate surface area is 143 Å². The van der Waals surface area contributed by atoms with Crippen LogP contribution in [0.1, 0.15) is 5.56 Å². The van der Waals surface area contributed by atoms with Gasteiger partial charge in [0.15, 0.2) is 0 Å². The molecule has 0 spiro atoms. The van der Waals surface area contributed by atoms with Gasteiger partial charge < -0.3 is 15.0 Å². The third-order valence-corrected chi connectivity index (χ3v) is 3.94. The molecule has 2 rings (SSSR count). The second-order valence-corrected chi connectivity index (χ2v) is 5.74. The molecule has 0 aromatic heterocycles. The lowest BCUT2D eigenvalue weighted by Gasteiger charge is -2.21. The maximum atomic E-state index is 13.1. The summed E-state index contributed by atoms with van der Waals surface area (Å²) in [5.74, 6) is -3.05. The van der Waals surface area contributed by atoms with E-state index in [0.29, 0.717) is 0 Å². The van der Waals surface area contributed by atoms with E-state index in [4.69, 9.17) is 4.74 Å². The van der Waals surface area contributed by atoms with Crippen molar-refractivity contribution in [2.75, 3.05) is 19.7 Å². The first-order valence-corrected chi connectivity index (χ1v) is 7.70. The molecule has 0 unspecified atom stereocenters. The summed E-state index contributed by atoms with van der Waals surface area (Å²) in [5, 5.41) is 2.24. The predicted octanol–water partition coefficient (Wildman–Crippen LogP) is 1.89. The zero-order valence-corrected chi connectivity index (χ0v) is 13.5. The van der Waals surface area contributed by atoms with Crippen LogP contribution in [0.3, 0.4) is 0 Å². The van der Waals surface area contributed by atoms with Crippen LogP contribution >= 0.6 is 0 Å². The lowest BCUT2D eigenvalue weighted by atomic mass is 10.0. The van der Waals surface area contributed by atoms with E-state index in [-0.39, 0.29) is 19.8 Å². The molecule has 1 aromatic rings. The van der Waals surface area contributed by atoms with Crippen LogP contribution in [0.15, 0.2) is 43.0 Å². The van der Waals surface area contributed by atoms with E-state index >= 15 is 0 Å². The van der Waals surface area contributed by atoms with Crippen molar-refractivity contribution >= 4 is 11.8 Å². The highest BCUT2D eigenvalue weighted by molar-refractivity contribution is 5.87. The number of alkyl halides is 3. The highest BCUT2D eigenvalue weighted by Crippen LogP contribution is 2.34. The number of hydrogen-bond donors (Lipinski definition) is 1. The van der Waals surface area contributed by atoms with E-state index < -0.39 is 36.5 Å². The number of hydrogen-bond acceptors (Lipinski definition) is 3. The molecule has 0 radical (unpaired) electrons. The number of carbonyl (C=O) groups excluding carboxylic acids is 2. The molecule has 8 heteroatoms. The summed E-state index contributed by atoms with van der Waals surface area (Å²) in [6, 6.07) is 7.93. The van der Waals surface area contributed by atoms with Crippen molar-refractivity contribution in [1.29, 1.82) is 0 Å². The standard InChI is InChI=1S/C17H19F3N2O3/c1-2-15(23)21-14-9-22(8-13(14)17(18,19)20)16(24)11-25-10-12-6-4-3-5-7-12/h2-7,13-14H,1,8-11H2,(H,21,23)/t13-,14-/m1/s1. The average Bonchev–Trinajstić information content (AvgIpc) is 3.00. The fraction of sp³-hybridized carbons (Fsp3) is 0.412. The molecule has 1 heterocycles. The van der Waals surface area contributed by atoms with Crippen LogP contribution in [-0.2, 0) is 20.9 Å². The molecule has 1 aliphatic rings. The number of nitrogens with zero attached hydrogens (tertiary/aromatic N) is 1. The minimum Gasteiger partial charge on any atom is -0.367 e. The second-order valence-electron chi connectivity index (χ2n) is 5.74. The Kier molecular flexibility index (Phi) is 6.19. The van der Waals surface area contributed by atoms with Crippen LogP contribution in [0.25, 0.3) is 0 Å². The molecule has 1 aliphatic heterocycles. The molecule has 0 bridgehead atoms. The molecule has 1 aromatic carbocycles. The summed E-state index contributed by atoms with van der Waals surface area (Å²) in [6.45, 7) is 2.38. The van der Waals surface area contributed by atoms with Crippen LogP contribution in [0.5, 0.6) is 0 Å². The Morgan fingerprint density at radius 1 is 1.28 bits per heavy atom. The summed E-state index contributed by atoms with van der Waals surface area (Å²) >= 11 is 0. The van der Waals surface area contributed by atoms with Gasteiger partial charge in [0.1, 0.15) is 6.61 Å². The van der Waals surface area contributed by atoms with E-state index in [2.05, 4.69) is 11.9 Å². The number of amides is 2. The summed E-state index contributed by atoms with van der Waals surface area (Å²) in [6.07, 6.45) is -3.61. The SMILES string of the molecule is C=CC(=O)N[C@@H]1CN(C(=O)COCc2ccccc2)C[C@H]1C(F)(F)F. The first-order valence-electron chi connectivity index (χ1n) is 7.70. The van der Waals surface area contributed by atoms with Crippen LogP contribution in [0.4, 0.5) is 13.2 Å². The fourth-order valence-corrected chi connectivity index (χ4v) is 2.65. The van der Waals surface area contributed by atoms with Crippen LogP contribution in [0.2, 0.25) is 0 Å². The molecule has 2 atom stereocenters. The fourth-order valence-electron chi connectivity index (χ4n) is 2.65.